The number of rotatable bonds is 12. The Kier molecular flexibility index (Phi) is 10.9. The largest absolute Gasteiger partial charge is 0.457 e. The summed E-state index contributed by atoms with van der Waals surface area (Å²) in [6, 6.07) is 24.2. The number of sulfonamides is 1. The van der Waals surface area contributed by atoms with Crippen LogP contribution in [0.2, 0.25) is 0 Å². The summed E-state index contributed by atoms with van der Waals surface area (Å²) in [5.41, 5.74) is 8.47. The molecule has 0 saturated carbocycles. The average molecular weight is 641 g/mol. The highest BCUT2D eigenvalue weighted by Gasteiger charge is 2.27. The lowest BCUT2D eigenvalue weighted by Crippen LogP contribution is -2.19. The van der Waals surface area contributed by atoms with Crippen molar-refractivity contribution in [3.05, 3.63) is 106 Å². The number of nitrogens with one attached hydrogen (secondary N) is 2. The van der Waals surface area contributed by atoms with Gasteiger partial charge < -0.3 is 10.1 Å². The van der Waals surface area contributed by atoms with Crippen molar-refractivity contribution in [2.45, 2.75) is 111 Å². The van der Waals surface area contributed by atoms with Gasteiger partial charge in [-0.05, 0) is 112 Å². The lowest BCUT2D eigenvalue weighted by Gasteiger charge is -2.23. The van der Waals surface area contributed by atoms with Crippen LogP contribution in [0.1, 0.15) is 132 Å². The summed E-state index contributed by atoms with van der Waals surface area (Å²) < 4.78 is 37.4. The van der Waals surface area contributed by atoms with Gasteiger partial charge in [-0.15, -0.1) is 0 Å². The molecule has 6 heteroatoms. The van der Waals surface area contributed by atoms with E-state index in [1.165, 1.54) is 16.7 Å². The van der Waals surface area contributed by atoms with E-state index in [-0.39, 0.29) is 11.8 Å². The molecule has 0 aliphatic heterocycles. The third-order valence-corrected chi connectivity index (χ3v) is 10.00. The summed E-state index contributed by atoms with van der Waals surface area (Å²) in [4.78, 5) is 0.405. The second-order valence-electron chi connectivity index (χ2n) is 14.0. The lowest BCUT2D eigenvalue weighted by molar-refractivity contribution is 0.463. The maximum Gasteiger partial charge on any atom is 0.262 e. The molecule has 0 saturated heterocycles. The standard InChI is InChI=1S/C40H52N2O3S/c1-24(2)30-22-36(27(7)8)40(37(23-30)28(9)10)46(43,44)42-38-20-17-32(21-29(38)11)41-31-15-18-33(19-16-31)45-39-34(25(3)4)13-12-14-35(39)26(5)6/h12-28,41-42H,1-11H3. The number of benzene rings is 4. The molecule has 5 nitrogen and oxygen atoms in total. The second kappa shape index (κ2) is 14.3. The van der Waals surface area contributed by atoms with Crippen LogP contribution in [0.4, 0.5) is 17.1 Å². The topological polar surface area (TPSA) is 67.4 Å². The van der Waals surface area contributed by atoms with E-state index in [2.05, 4.69) is 110 Å². The third-order valence-electron chi connectivity index (χ3n) is 8.50. The van der Waals surface area contributed by atoms with Crippen molar-refractivity contribution in [1.82, 2.24) is 0 Å². The number of ether oxygens (including phenoxy) is 1. The van der Waals surface area contributed by atoms with E-state index in [4.69, 9.17) is 4.74 Å². The monoisotopic (exact) mass is 640 g/mol. The van der Waals surface area contributed by atoms with Crippen LogP contribution in [0.3, 0.4) is 0 Å². The van der Waals surface area contributed by atoms with Crippen LogP contribution in [0.25, 0.3) is 0 Å². The molecule has 0 unspecified atom stereocenters. The SMILES string of the molecule is Cc1cc(Nc2ccc(Oc3c(C(C)C)cccc3C(C)C)cc2)ccc1NS(=O)(=O)c1c(C(C)C)cc(C(C)C)cc1C(C)C. The van der Waals surface area contributed by atoms with Gasteiger partial charge in [0, 0.05) is 11.4 Å². The first-order valence-electron chi connectivity index (χ1n) is 16.6. The first kappa shape index (κ1) is 35.1. The Bertz CT molecular complexity index is 1710. The number of aryl methyl sites for hydroxylation is 1. The molecule has 0 fully saturated rings. The Morgan fingerprint density at radius 3 is 1.54 bits per heavy atom. The van der Waals surface area contributed by atoms with Gasteiger partial charge in [-0.25, -0.2) is 8.42 Å². The van der Waals surface area contributed by atoms with E-state index in [9.17, 15) is 8.42 Å². The predicted octanol–water partition coefficient (Wildman–Crippen LogP) is 11.9. The molecule has 4 aromatic rings. The van der Waals surface area contributed by atoms with Crippen molar-refractivity contribution >= 4 is 27.1 Å². The Labute approximate surface area is 277 Å². The molecule has 246 valence electrons. The maximum absolute atomic E-state index is 14.0. The fourth-order valence-corrected chi connectivity index (χ4v) is 7.57. The molecular formula is C40H52N2O3S. The van der Waals surface area contributed by atoms with Crippen molar-refractivity contribution in [1.29, 1.82) is 0 Å². The molecule has 0 aromatic heterocycles. The molecule has 4 aromatic carbocycles. The zero-order valence-electron chi connectivity index (χ0n) is 29.4. The summed E-state index contributed by atoms with van der Waals surface area (Å²) in [5, 5.41) is 3.45. The van der Waals surface area contributed by atoms with Gasteiger partial charge in [0.25, 0.3) is 10.0 Å². The highest BCUT2D eigenvalue weighted by Crippen LogP contribution is 2.39. The molecule has 0 aliphatic carbocycles. The quantitative estimate of drug-likeness (QED) is 0.162. The predicted molar refractivity (Wildman–Crippen MR) is 195 cm³/mol. The van der Waals surface area contributed by atoms with E-state index in [1.54, 1.807) is 0 Å². The first-order valence-corrected chi connectivity index (χ1v) is 18.1. The molecule has 0 aliphatic rings. The van der Waals surface area contributed by atoms with Crippen molar-refractivity contribution in [3.8, 4) is 11.5 Å². The summed E-state index contributed by atoms with van der Waals surface area (Å²) >= 11 is 0. The molecule has 4 rings (SSSR count). The molecule has 0 amide bonds. The van der Waals surface area contributed by atoms with Gasteiger partial charge >= 0.3 is 0 Å². The fourth-order valence-electron chi connectivity index (χ4n) is 5.74. The van der Waals surface area contributed by atoms with Crippen LogP contribution in [-0.2, 0) is 10.0 Å². The molecule has 0 heterocycles. The van der Waals surface area contributed by atoms with Crippen LogP contribution in [0, 0.1) is 6.92 Å². The van der Waals surface area contributed by atoms with Gasteiger partial charge in [-0.2, -0.15) is 0 Å². The highest BCUT2D eigenvalue weighted by molar-refractivity contribution is 7.92. The normalized spacial score (nSPS) is 12.1. The smallest absolute Gasteiger partial charge is 0.262 e. The van der Waals surface area contributed by atoms with E-state index in [0.29, 0.717) is 28.3 Å². The molecular weight excluding hydrogens is 589 g/mol. The lowest BCUT2D eigenvalue weighted by atomic mass is 9.89. The second-order valence-corrected chi connectivity index (χ2v) is 15.6. The van der Waals surface area contributed by atoms with E-state index >= 15 is 0 Å². The third kappa shape index (κ3) is 7.95. The molecule has 46 heavy (non-hydrogen) atoms. The molecule has 0 bridgehead atoms. The van der Waals surface area contributed by atoms with Gasteiger partial charge in [0.1, 0.15) is 11.5 Å². The summed E-state index contributed by atoms with van der Waals surface area (Å²) in [7, 11) is -3.83. The fraction of sp³-hybridized carbons (Fsp3) is 0.400. The van der Waals surface area contributed by atoms with Gasteiger partial charge in [-0.1, -0.05) is 99.6 Å². The van der Waals surface area contributed by atoms with Gasteiger partial charge in [0.15, 0.2) is 0 Å². The summed E-state index contributed by atoms with van der Waals surface area (Å²) in [5.74, 6) is 2.87. The molecule has 0 radical (unpaired) electrons. The minimum atomic E-state index is -3.83. The summed E-state index contributed by atoms with van der Waals surface area (Å²) in [6.07, 6.45) is 0. The van der Waals surface area contributed by atoms with E-state index < -0.39 is 10.0 Å². The van der Waals surface area contributed by atoms with Crippen molar-refractivity contribution in [2.75, 3.05) is 10.0 Å². The molecule has 0 atom stereocenters. The van der Waals surface area contributed by atoms with E-state index in [1.807, 2.05) is 49.4 Å². The van der Waals surface area contributed by atoms with Crippen molar-refractivity contribution in [3.63, 3.8) is 0 Å². The number of anilines is 3. The Morgan fingerprint density at radius 1 is 0.587 bits per heavy atom. The maximum atomic E-state index is 14.0. The Balaban J connectivity index is 1.56. The molecule has 2 N–H and O–H groups in total. The minimum Gasteiger partial charge on any atom is -0.457 e. The summed E-state index contributed by atoms with van der Waals surface area (Å²) in [6.45, 7) is 23.2. The Hall–Kier alpha value is -3.77. The first-order chi connectivity index (χ1) is 21.6. The van der Waals surface area contributed by atoms with Crippen molar-refractivity contribution < 1.29 is 13.2 Å². The van der Waals surface area contributed by atoms with E-state index in [0.717, 1.165) is 39.6 Å². The van der Waals surface area contributed by atoms with Crippen LogP contribution >= 0.6 is 0 Å². The Morgan fingerprint density at radius 2 is 1.09 bits per heavy atom. The zero-order chi connectivity index (χ0) is 33.9. The minimum absolute atomic E-state index is 0.0643. The average Bonchev–Trinajstić information content (AvgIpc) is 2.98. The number of hydrogen-bond acceptors (Lipinski definition) is 4. The van der Waals surface area contributed by atoms with Crippen LogP contribution in [0.5, 0.6) is 11.5 Å². The molecule has 0 spiro atoms. The van der Waals surface area contributed by atoms with Crippen LogP contribution in [-0.4, -0.2) is 8.42 Å². The number of hydrogen-bond donors (Lipinski definition) is 2. The van der Waals surface area contributed by atoms with Crippen LogP contribution in [0.15, 0.2) is 77.7 Å². The number of para-hydroxylation sites is 1. The van der Waals surface area contributed by atoms with Crippen LogP contribution < -0.4 is 14.8 Å². The van der Waals surface area contributed by atoms with Crippen molar-refractivity contribution in [2.24, 2.45) is 0 Å². The van der Waals surface area contributed by atoms with Gasteiger partial charge in [0.05, 0.1) is 10.6 Å². The highest BCUT2D eigenvalue weighted by atomic mass is 32.2. The van der Waals surface area contributed by atoms with Gasteiger partial charge in [0.2, 0.25) is 0 Å². The van der Waals surface area contributed by atoms with Gasteiger partial charge in [-0.3, -0.25) is 4.72 Å². The zero-order valence-corrected chi connectivity index (χ0v) is 30.3.